The van der Waals surface area contributed by atoms with Crippen molar-refractivity contribution in [3.63, 3.8) is 0 Å². The van der Waals surface area contributed by atoms with Crippen molar-refractivity contribution >= 4 is 21.6 Å². The zero-order chi connectivity index (χ0) is 20.0. The van der Waals surface area contributed by atoms with Gasteiger partial charge in [-0.2, -0.15) is 0 Å². The molecule has 5 nitrogen and oxygen atoms in total. The Hall–Kier alpha value is -2.18. The maximum Gasteiger partial charge on any atom is 0.240 e. The zero-order valence-corrected chi connectivity index (χ0v) is 17.2. The van der Waals surface area contributed by atoms with Crippen molar-refractivity contribution in [1.82, 2.24) is 4.72 Å². The average molecular weight is 389 g/mol. The number of anilines is 1. The third-order valence-electron chi connectivity index (χ3n) is 4.83. The number of amides is 1. The Labute approximate surface area is 162 Å². The van der Waals surface area contributed by atoms with Gasteiger partial charge in [0.1, 0.15) is 0 Å². The molecule has 1 N–H and O–H groups in total. The Morgan fingerprint density at radius 2 is 1.63 bits per heavy atom. The van der Waals surface area contributed by atoms with Crippen molar-refractivity contribution in [3.05, 3.63) is 60.2 Å². The van der Waals surface area contributed by atoms with Gasteiger partial charge < -0.3 is 4.90 Å². The van der Waals surface area contributed by atoms with E-state index in [1.807, 2.05) is 18.2 Å². The molecular formula is C21H28N2O3S. The molecular weight excluding hydrogens is 360 g/mol. The first-order chi connectivity index (χ1) is 12.7. The second-order valence-electron chi connectivity index (χ2n) is 7.12. The lowest BCUT2D eigenvalue weighted by atomic mass is 9.89. The summed E-state index contributed by atoms with van der Waals surface area (Å²) < 4.78 is 28.0. The van der Waals surface area contributed by atoms with Crippen molar-refractivity contribution in [2.24, 2.45) is 11.8 Å². The third-order valence-corrected chi connectivity index (χ3v) is 6.27. The molecule has 0 bridgehead atoms. The zero-order valence-electron chi connectivity index (χ0n) is 16.3. The molecule has 0 saturated heterocycles. The van der Waals surface area contributed by atoms with E-state index in [-0.39, 0.29) is 16.7 Å². The molecule has 27 heavy (non-hydrogen) atoms. The van der Waals surface area contributed by atoms with Crippen molar-refractivity contribution in [2.75, 3.05) is 18.5 Å². The van der Waals surface area contributed by atoms with Crippen molar-refractivity contribution < 1.29 is 13.2 Å². The minimum Gasteiger partial charge on any atom is -0.316 e. The summed E-state index contributed by atoms with van der Waals surface area (Å²) in [6.07, 6.45) is 0.823. The molecule has 0 spiro atoms. The number of sulfonamides is 1. The lowest BCUT2D eigenvalue weighted by molar-refractivity contribution is -0.116. The van der Waals surface area contributed by atoms with Gasteiger partial charge in [0.05, 0.1) is 4.90 Å². The SMILES string of the molecule is CC(=O)N(C)c1ccc(S(=O)(=O)NCC(Cc2ccccc2)C(C)C)cc1. The first kappa shape index (κ1) is 21.1. The van der Waals surface area contributed by atoms with Crippen LogP contribution < -0.4 is 9.62 Å². The summed E-state index contributed by atoms with van der Waals surface area (Å²) in [6, 6.07) is 16.4. The van der Waals surface area contributed by atoms with Gasteiger partial charge in [-0.05, 0) is 48.1 Å². The number of benzene rings is 2. The number of hydrogen-bond acceptors (Lipinski definition) is 3. The van der Waals surface area contributed by atoms with Crippen LogP contribution in [0.3, 0.4) is 0 Å². The summed E-state index contributed by atoms with van der Waals surface area (Å²) in [7, 11) is -1.94. The first-order valence-electron chi connectivity index (χ1n) is 9.08. The number of carbonyl (C=O) groups is 1. The Balaban J connectivity index is 2.06. The van der Waals surface area contributed by atoms with Crippen LogP contribution in [-0.4, -0.2) is 27.9 Å². The lowest BCUT2D eigenvalue weighted by Crippen LogP contribution is -2.32. The predicted octanol–water partition coefficient (Wildman–Crippen LogP) is 3.46. The van der Waals surface area contributed by atoms with Gasteiger partial charge in [-0.3, -0.25) is 4.79 Å². The Morgan fingerprint density at radius 3 is 2.15 bits per heavy atom. The number of carbonyl (C=O) groups excluding carboxylic acids is 1. The molecule has 2 aromatic carbocycles. The summed E-state index contributed by atoms with van der Waals surface area (Å²) in [4.78, 5) is 13.1. The molecule has 2 rings (SSSR count). The van der Waals surface area contributed by atoms with E-state index in [0.717, 1.165) is 6.42 Å². The van der Waals surface area contributed by atoms with Crippen molar-refractivity contribution in [1.29, 1.82) is 0 Å². The van der Waals surface area contributed by atoms with Crippen LogP contribution in [0.4, 0.5) is 5.69 Å². The van der Waals surface area contributed by atoms with Gasteiger partial charge in [-0.25, -0.2) is 13.1 Å². The molecule has 1 unspecified atom stereocenters. The second-order valence-corrected chi connectivity index (χ2v) is 8.88. The van der Waals surface area contributed by atoms with Crippen LogP contribution in [0.1, 0.15) is 26.3 Å². The molecule has 1 atom stereocenters. The lowest BCUT2D eigenvalue weighted by Gasteiger charge is -2.21. The summed E-state index contributed by atoms with van der Waals surface area (Å²) in [5.74, 6) is 0.439. The predicted molar refractivity (Wildman–Crippen MR) is 109 cm³/mol. The van der Waals surface area contributed by atoms with E-state index in [1.54, 1.807) is 19.2 Å². The Morgan fingerprint density at radius 1 is 1.04 bits per heavy atom. The minimum absolute atomic E-state index is 0.107. The summed E-state index contributed by atoms with van der Waals surface area (Å²) in [5, 5.41) is 0. The topological polar surface area (TPSA) is 66.5 Å². The highest BCUT2D eigenvalue weighted by molar-refractivity contribution is 7.89. The van der Waals surface area contributed by atoms with E-state index in [1.165, 1.54) is 29.5 Å². The molecule has 0 radical (unpaired) electrons. The molecule has 0 aliphatic carbocycles. The van der Waals surface area contributed by atoms with E-state index in [9.17, 15) is 13.2 Å². The highest BCUT2D eigenvalue weighted by atomic mass is 32.2. The van der Waals surface area contributed by atoms with E-state index in [4.69, 9.17) is 0 Å². The Bertz CT molecular complexity index is 847. The number of nitrogens with zero attached hydrogens (tertiary/aromatic N) is 1. The molecule has 2 aromatic rings. The van der Waals surface area contributed by atoms with Gasteiger partial charge in [0, 0.05) is 26.2 Å². The van der Waals surface area contributed by atoms with Gasteiger partial charge in [0.15, 0.2) is 0 Å². The van der Waals surface area contributed by atoms with Crippen LogP contribution in [0.5, 0.6) is 0 Å². The molecule has 0 heterocycles. The standard InChI is InChI=1S/C21H28N2O3S/c1-16(2)19(14-18-8-6-5-7-9-18)15-22-27(25,26)21-12-10-20(11-13-21)23(4)17(3)24/h5-13,16,19,22H,14-15H2,1-4H3. The van der Waals surface area contributed by atoms with Crippen LogP contribution in [0.2, 0.25) is 0 Å². The Kier molecular flexibility index (Phi) is 7.16. The highest BCUT2D eigenvalue weighted by Crippen LogP contribution is 2.20. The summed E-state index contributed by atoms with van der Waals surface area (Å²) in [6.45, 7) is 6.05. The van der Waals surface area contributed by atoms with Crippen LogP contribution in [0, 0.1) is 11.8 Å². The van der Waals surface area contributed by atoms with Crippen LogP contribution >= 0.6 is 0 Å². The minimum atomic E-state index is -3.60. The number of hydrogen-bond donors (Lipinski definition) is 1. The molecule has 0 aliphatic rings. The number of rotatable bonds is 8. The monoisotopic (exact) mass is 388 g/mol. The largest absolute Gasteiger partial charge is 0.316 e. The fourth-order valence-electron chi connectivity index (χ4n) is 2.79. The first-order valence-corrected chi connectivity index (χ1v) is 10.6. The number of nitrogens with one attached hydrogen (secondary N) is 1. The van der Waals surface area contributed by atoms with Gasteiger partial charge in [-0.15, -0.1) is 0 Å². The fourth-order valence-corrected chi connectivity index (χ4v) is 3.89. The average Bonchev–Trinajstić information content (AvgIpc) is 2.65. The molecule has 0 fully saturated rings. The van der Waals surface area contributed by atoms with Gasteiger partial charge in [0.2, 0.25) is 15.9 Å². The normalized spacial score (nSPS) is 12.8. The smallest absolute Gasteiger partial charge is 0.240 e. The summed E-state index contributed by atoms with van der Waals surface area (Å²) in [5.41, 5.74) is 1.86. The van der Waals surface area contributed by atoms with Crippen LogP contribution in [-0.2, 0) is 21.2 Å². The second kappa shape index (κ2) is 9.15. The van der Waals surface area contributed by atoms with Crippen molar-refractivity contribution in [2.45, 2.75) is 32.1 Å². The van der Waals surface area contributed by atoms with Gasteiger partial charge >= 0.3 is 0 Å². The third kappa shape index (κ3) is 5.91. The molecule has 1 amide bonds. The maximum atomic E-state index is 12.6. The fraction of sp³-hybridized carbons (Fsp3) is 0.381. The van der Waals surface area contributed by atoms with Crippen molar-refractivity contribution in [3.8, 4) is 0 Å². The van der Waals surface area contributed by atoms with E-state index in [0.29, 0.717) is 18.2 Å². The van der Waals surface area contributed by atoms with E-state index >= 15 is 0 Å². The molecule has 0 saturated carbocycles. The highest BCUT2D eigenvalue weighted by Gasteiger charge is 2.20. The van der Waals surface area contributed by atoms with E-state index in [2.05, 4.69) is 30.7 Å². The van der Waals surface area contributed by atoms with Gasteiger partial charge in [-0.1, -0.05) is 44.2 Å². The van der Waals surface area contributed by atoms with Crippen LogP contribution in [0.25, 0.3) is 0 Å². The molecule has 146 valence electrons. The molecule has 6 heteroatoms. The van der Waals surface area contributed by atoms with Crippen LogP contribution in [0.15, 0.2) is 59.5 Å². The maximum absolute atomic E-state index is 12.6. The summed E-state index contributed by atoms with van der Waals surface area (Å²) >= 11 is 0. The van der Waals surface area contributed by atoms with Gasteiger partial charge in [0.25, 0.3) is 0 Å². The van der Waals surface area contributed by atoms with E-state index < -0.39 is 10.0 Å². The quantitative estimate of drug-likeness (QED) is 0.753. The molecule has 0 aliphatic heterocycles. The molecule has 0 aromatic heterocycles.